The van der Waals surface area contributed by atoms with Crippen LogP contribution in [-0.2, 0) is 11.2 Å². The molecule has 0 aliphatic carbocycles. The second kappa shape index (κ2) is 8.19. The summed E-state index contributed by atoms with van der Waals surface area (Å²) in [6, 6.07) is 16.1. The normalized spacial score (nSPS) is 14.6. The van der Waals surface area contributed by atoms with Crippen LogP contribution in [0.3, 0.4) is 0 Å². The highest BCUT2D eigenvalue weighted by Gasteiger charge is 2.31. The van der Waals surface area contributed by atoms with Gasteiger partial charge in [0.1, 0.15) is 23.3 Å². The van der Waals surface area contributed by atoms with Crippen molar-refractivity contribution in [3.8, 4) is 18.2 Å². The summed E-state index contributed by atoms with van der Waals surface area (Å²) in [5.41, 5.74) is 7.90. The number of benzene rings is 1. The van der Waals surface area contributed by atoms with Gasteiger partial charge >= 0.3 is 0 Å². The van der Waals surface area contributed by atoms with E-state index in [4.69, 9.17) is 10.5 Å². The predicted octanol–water partition coefficient (Wildman–Crippen LogP) is 1.51. The van der Waals surface area contributed by atoms with Gasteiger partial charge in [0, 0.05) is 5.56 Å². The molecule has 0 saturated carbocycles. The van der Waals surface area contributed by atoms with Crippen LogP contribution in [0.25, 0.3) is 0 Å². The number of nitriles is 3. The number of nitrogens with zero attached hydrogens (tertiary/aromatic N) is 4. The summed E-state index contributed by atoms with van der Waals surface area (Å²) in [4.78, 5) is 4.97. The molecule has 0 unspecified atom stereocenters. The Bertz CT molecular complexity index is 946. The first-order valence-corrected chi connectivity index (χ1v) is 8.64. The van der Waals surface area contributed by atoms with Crippen LogP contribution in [0.5, 0.6) is 0 Å². The van der Waals surface area contributed by atoms with Crippen molar-refractivity contribution in [3.63, 3.8) is 0 Å². The van der Waals surface area contributed by atoms with Gasteiger partial charge in [-0.1, -0.05) is 30.3 Å². The number of nitrogens with one attached hydrogen (secondary N) is 1. The summed E-state index contributed by atoms with van der Waals surface area (Å²) < 4.78 is 5.37. The number of nitrogens with two attached hydrogens (primary N) is 1. The molecule has 1 aromatic carbocycles. The van der Waals surface area contributed by atoms with E-state index in [1.165, 1.54) is 0 Å². The van der Waals surface area contributed by atoms with E-state index in [2.05, 4.69) is 23.2 Å². The van der Waals surface area contributed by atoms with Crippen LogP contribution >= 0.6 is 0 Å². The fourth-order valence-electron chi connectivity index (χ4n) is 3.32. The van der Waals surface area contributed by atoms with Crippen molar-refractivity contribution in [1.29, 1.82) is 15.8 Å². The first-order valence-electron chi connectivity index (χ1n) is 8.64. The minimum absolute atomic E-state index is 0.158. The van der Waals surface area contributed by atoms with Gasteiger partial charge in [-0.05, 0) is 12.0 Å². The Morgan fingerprint density at radius 1 is 1.07 bits per heavy atom. The molecule has 1 aromatic heterocycles. The van der Waals surface area contributed by atoms with E-state index in [0.29, 0.717) is 49.7 Å². The third-order valence-corrected chi connectivity index (χ3v) is 4.64. The number of hydrogen-bond donors (Lipinski definition) is 1. The number of hydrogen-bond acceptors (Lipinski definition) is 6. The molecule has 1 atom stereocenters. The molecule has 0 spiro atoms. The van der Waals surface area contributed by atoms with Crippen LogP contribution in [0.2, 0.25) is 0 Å². The molecule has 0 bridgehead atoms. The molecule has 1 aliphatic heterocycles. The Kier molecular flexibility index (Phi) is 5.52. The highest BCUT2D eigenvalue weighted by Crippen LogP contribution is 2.32. The molecule has 3 N–H and O–H groups in total. The molecule has 134 valence electrons. The number of aromatic nitrogens is 1. The molecule has 0 amide bonds. The molecular formula is C20H19N6O+. The zero-order chi connectivity index (χ0) is 19.2. The largest absolute Gasteiger partial charge is 0.375 e. The van der Waals surface area contributed by atoms with E-state index in [1.54, 1.807) is 0 Å². The minimum Gasteiger partial charge on any atom is -0.375 e. The molecule has 1 fully saturated rings. The molecule has 3 rings (SSSR count). The lowest BCUT2D eigenvalue weighted by Gasteiger charge is -2.26. The molecule has 0 radical (unpaired) electrons. The van der Waals surface area contributed by atoms with Crippen LogP contribution in [-0.4, -0.2) is 26.3 Å². The van der Waals surface area contributed by atoms with E-state index in [9.17, 15) is 15.8 Å². The summed E-state index contributed by atoms with van der Waals surface area (Å²) in [5, 5.41) is 29.3. The summed E-state index contributed by atoms with van der Waals surface area (Å²) >= 11 is 0. The maximum Gasteiger partial charge on any atom is 0.240 e. The van der Waals surface area contributed by atoms with Gasteiger partial charge in [-0.25, -0.2) is 4.98 Å². The van der Waals surface area contributed by atoms with Gasteiger partial charge in [-0.2, -0.15) is 15.8 Å². The predicted molar refractivity (Wildman–Crippen MR) is 98.4 cm³/mol. The van der Waals surface area contributed by atoms with Crippen molar-refractivity contribution in [2.45, 2.75) is 12.3 Å². The van der Waals surface area contributed by atoms with E-state index < -0.39 is 5.92 Å². The Balaban J connectivity index is 2.14. The zero-order valence-corrected chi connectivity index (χ0v) is 14.8. The number of aromatic amines is 1. The maximum atomic E-state index is 9.86. The molecule has 7 heteroatoms. The number of morpholine rings is 1. The van der Waals surface area contributed by atoms with E-state index >= 15 is 0 Å². The van der Waals surface area contributed by atoms with Crippen LogP contribution in [0.15, 0.2) is 30.3 Å². The van der Waals surface area contributed by atoms with Crippen molar-refractivity contribution < 1.29 is 9.72 Å². The Morgan fingerprint density at radius 2 is 1.74 bits per heavy atom. The van der Waals surface area contributed by atoms with Crippen LogP contribution < -0.4 is 15.6 Å². The van der Waals surface area contributed by atoms with Gasteiger partial charge in [0.15, 0.2) is 0 Å². The fraction of sp³-hybridized carbons (Fsp3) is 0.300. The molecule has 2 heterocycles. The summed E-state index contributed by atoms with van der Waals surface area (Å²) in [6.45, 7) is 2.29. The lowest BCUT2D eigenvalue weighted by atomic mass is 9.87. The second-order valence-corrected chi connectivity index (χ2v) is 6.25. The Morgan fingerprint density at radius 3 is 2.33 bits per heavy atom. The lowest BCUT2D eigenvalue weighted by Crippen LogP contribution is -2.41. The van der Waals surface area contributed by atoms with Crippen molar-refractivity contribution in [3.05, 3.63) is 52.6 Å². The van der Waals surface area contributed by atoms with Crippen molar-refractivity contribution >= 4 is 11.6 Å². The number of pyridine rings is 1. The monoisotopic (exact) mass is 359 g/mol. The van der Waals surface area contributed by atoms with E-state index in [-0.39, 0.29) is 11.4 Å². The molecule has 27 heavy (non-hydrogen) atoms. The van der Waals surface area contributed by atoms with E-state index in [0.717, 1.165) is 5.56 Å². The van der Waals surface area contributed by atoms with Gasteiger partial charge < -0.3 is 10.5 Å². The van der Waals surface area contributed by atoms with Crippen molar-refractivity contribution in [1.82, 2.24) is 0 Å². The minimum atomic E-state index is -0.659. The summed E-state index contributed by atoms with van der Waals surface area (Å²) in [7, 11) is 0. The van der Waals surface area contributed by atoms with Crippen LogP contribution in [0, 0.1) is 34.0 Å². The second-order valence-electron chi connectivity index (χ2n) is 6.25. The van der Waals surface area contributed by atoms with Crippen LogP contribution in [0.1, 0.15) is 28.2 Å². The van der Waals surface area contributed by atoms with Gasteiger partial charge in [0.05, 0.1) is 38.3 Å². The number of H-pyrrole nitrogens is 1. The average molecular weight is 359 g/mol. The molecule has 7 nitrogen and oxygen atoms in total. The zero-order valence-electron chi connectivity index (χ0n) is 14.8. The summed E-state index contributed by atoms with van der Waals surface area (Å²) in [5.74, 6) is 0.0512. The van der Waals surface area contributed by atoms with Gasteiger partial charge in [-0.3, -0.25) is 4.90 Å². The highest BCUT2D eigenvalue weighted by atomic mass is 16.5. The van der Waals surface area contributed by atoms with Gasteiger partial charge in [-0.15, -0.1) is 0 Å². The van der Waals surface area contributed by atoms with Gasteiger partial charge in [0.2, 0.25) is 11.6 Å². The average Bonchev–Trinajstić information content (AvgIpc) is 2.72. The Labute approximate surface area is 157 Å². The molecule has 2 aromatic rings. The third kappa shape index (κ3) is 3.67. The third-order valence-electron chi connectivity index (χ3n) is 4.64. The number of nitrogen functional groups attached to an aromatic ring is 1. The summed E-state index contributed by atoms with van der Waals surface area (Å²) in [6.07, 6.45) is 0.396. The maximum absolute atomic E-state index is 9.86. The smallest absolute Gasteiger partial charge is 0.240 e. The molecular weight excluding hydrogens is 340 g/mol. The number of rotatable bonds is 4. The Hall–Kier alpha value is -3.60. The first kappa shape index (κ1) is 18.2. The fourth-order valence-corrected chi connectivity index (χ4v) is 3.32. The highest BCUT2D eigenvalue weighted by molar-refractivity contribution is 5.66. The lowest BCUT2D eigenvalue weighted by molar-refractivity contribution is -0.347. The standard InChI is InChI=1S/C20H18N6O/c21-11-15(10-14-4-2-1-3-5-14)18-16(12-22)19(24)25-20(17(18)13-23)26-6-8-27-9-7-26/h1-5,15H,6-10H2,(H2,24,25)/p+1/t15-/m1/s1. The molecule has 1 saturated heterocycles. The van der Waals surface area contributed by atoms with Crippen molar-refractivity contribution in [2.24, 2.45) is 0 Å². The first-order chi connectivity index (χ1) is 13.2. The van der Waals surface area contributed by atoms with Crippen LogP contribution in [0.4, 0.5) is 11.6 Å². The van der Waals surface area contributed by atoms with Gasteiger partial charge in [0.25, 0.3) is 0 Å². The molecule has 1 aliphatic rings. The van der Waals surface area contributed by atoms with Crippen molar-refractivity contribution in [2.75, 3.05) is 36.9 Å². The van der Waals surface area contributed by atoms with E-state index in [1.807, 2.05) is 35.2 Å². The quantitative estimate of drug-likeness (QED) is 0.882. The number of ether oxygens (including phenoxy) is 1. The number of anilines is 2. The SMILES string of the molecule is N#Cc1c(N)[nH+]c(N2CCOCC2)c(C#N)c1[C@@H](C#N)Cc1ccccc1. The topological polar surface area (TPSA) is 124 Å².